The fraction of sp³-hybridized carbons (Fsp3) is 0.100. The first-order valence-electron chi connectivity index (χ1n) is 4.26. The van der Waals surface area contributed by atoms with E-state index in [-0.39, 0.29) is 10.7 Å². The lowest BCUT2D eigenvalue weighted by atomic mass is 10.1. The molecular formula is C10H7NO3S. The van der Waals surface area contributed by atoms with Gasteiger partial charge in [0.1, 0.15) is 0 Å². The zero-order chi connectivity index (χ0) is 11.0. The third kappa shape index (κ3) is 1.73. The van der Waals surface area contributed by atoms with E-state index in [0.29, 0.717) is 15.6 Å². The third-order valence-electron chi connectivity index (χ3n) is 2.05. The van der Waals surface area contributed by atoms with E-state index in [0.717, 1.165) is 11.3 Å². The minimum absolute atomic E-state index is 0.104. The molecule has 2 rings (SSSR count). The Morgan fingerprint density at radius 2 is 2.07 bits per heavy atom. The van der Waals surface area contributed by atoms with Gasteiger partial charge in [0.25, 0.3) is 5.56 Å². The predicted octanol–water partition coefficient (Wildman–Crippen LogP) is 1.15. The molecule has 0 unspecified atom stereocenters. The number of hydrogen-bond donors (Lipinski definition) is 1. The van der Waals surface area contributed by atoms with Crippen molar-refractivity contribution in [2.24, 2.45) is 0 Å². The van der Waals surface area contributed by atoms with Gasteiger partial charge in [-0.25, -0.2) is 0 Å². The number of nitrogens with one attached hydrogen (secondary N) is 1. The van der Waals surface area contributed by atoms with Crippen molar-refractivity contribution in [2.75, 3.05) is 0 Å². The zero-order valence-corrected chi connectivity index (χ0v) is 8.68. The van der Waals surface area contributed by atoms with Gasteiger partial charge in [-0.1, -0.05) is 11.3 Å². The van der Waals surface area contributed by atoms with Crippen molar-refractivity contribution in [3.05, 3.63) is 43.8 Å². The second-order valence-corrected chi connectivity index (χ2v) is 4.13. The molecule has 0 fully saturated rings. The fourth-order valence-electron chi connectivity index (χ4n) is 1.30. The van der Waals surface area contributed by atoms with Crippen molar-refractivity contribution >= 4 is 27.2 Å². The van der Waals surface area contributed by atoms with Gasteiger partial charge >= 0.3 is 4.87 Å². The molecule has 2 aromatic rings. The Balaban J connectivity index is 2.89. The van der Waals surface area contributed by atoms with E-state index in [1.807, 2.05) is 0 Å². The Morgan fingerprint density at radius 1 is 1.33 bits per heavy atom. The average molecular weight is 221 g/mol. The maximum atomic E-state index is 11.4. The molecule has 0 bridgehead atoms. The van der Waals surface area contributed by atoms with Crippen LogP contribution in [0.25, 0.3) is 10.1 Å². The summed E-state index contributed by atoms with van der Waals surface area (Å²) in [6.45, 7) is 1.43. The van der Waals surface area contributed by atoms with Gasteiger partial charge in [-0.3, -0.25) is 19.4 Å². The van der Waals surface area contributed by atoms with Crippen LogP contribution in [0.15, 0.2) is 27.8 Å². The molecule has 0 radical (unpaired) electrons. The first-order valence-corrected chi connectivity index (χ1v) is 5.08. The number of ketones is 1. The van der Waals surface area contributed by atoms with E-state index >= 15 is 0 Å². The van der Waals surface area contributed by atoms with Gasteiger partial charge < -0.3 is 0 Å². The minimum Gasteiger partial charge on any atom is -0.295 e. The van der Waals surface area contributed by atoms with Gasteiger partial charge in [0.2, 0.25) is 0 Å². The first kappa shape index (κ1) is 9.79. The van der Waals surface area contributed by atoms with Gasteiger partial charge in [0.05, 0.1) is 5.39 Å². The van der Waals surface area contributed by atoms with Crippen molar-refractivity contribution < 1.29 is 4.79 Å². The van der Waals surface area contributed by atoms with Gasteiger partial charge in [-0.05, 0) is 25.1 Å². The van der Waals surface area contributed by atoms with Crippen LogP contribution in [0.2, 0.25) is 0 Å². The number of H-pyrrole nitrogens is 1. The SMILES string of the molecule is CC(=O)c1ccc2sc(=O)[nH]c(=O)c2c1. The number of aromatic nitrogens is 1. The molecule has 1 aromatic carbocycles. The summed E-state index contributed by atoms with van der Waals surface area (Å²) >= 11 is 0.954. The molecule has 1 aromatic heterocycles. The van der Waals surface area contributed by atoms with Crippen LogP contribution >= 0.6 is 11.3 Å². The monoisotopic (exact) mass is 221 g/mol. The van der Waals surface area contributed by atoms with E-state index in [9.17, 15) is 14.4 Å². The number of fused-ring (bicyclic) bond motifs is 1. The Bertz CT molecular complexity index is 654. The average Bonchev–Trinajstić information content (AvgIpc) is 2.16. The number of rotatable bonds is 1. The number of aromatic amines is 1. The molecule has 0 aliphatic heterocycles. The Kier molecular flexibility index (Phi) is 2.24. The summed E-state index contributed by atoms with van der Waals surface area (Å²) in [5, 5.41) is 0.382. The molecule has 4 nitrogen and oxygen atoms in total. The molecule has 5 heteroatoms. The zero-order valence-electron chi connectivity index (χ0n) is 7.87. The topological polar surface area (TPSA) is 67.0 Å². The molecule has 0 aliphatic carbocycles. The molecule has 0 aliphatic rings. The highest BCUT2D eigenvalue weighted by atomic mass is 32.1. The minimum atomic E-state index is -0.447. The molecule has 0 amide bonds. The van der Waals surface area contributed by atoms with Crippen molar-refractivity contribution in [3.8, 4) is 0 Å². The summed E-state index contributed by atoms with van der Waals surface area (Å²) in [5.74, 6) is -0.104. The van der Waals surface area contributed by atoms with Crippen molar-refractivity contribution in [1.82, 2.24) is 4.98 Å². The van der Waals surface area contributed by atoms with E-state index in [1.54, 1.807) is 12.1 Å². The number of benzene rings is 1. The Labute approximate surface area is 88.2 Å². The molecule has 1 heterocycles. The highest BCUT2D eigenvalue weighted by molar-refractivity contribution is 7.15. The van der Waals surface area contributed by atoms with Crippen LogP contribution in [-0.2, 0) is 0 Å². The fourth-order valence-corrected chi connectivity index (χ4v) is 2.04. The number of carbonyl (C=O) groups is 1. The van der Waals surface area contributed by atoms with E-state index in [2.05, 4.69) is 4.98 Å². The summed E-state index contributed by atoms with van der Waals surface area (Å²) in [5.41, 5.74) is 0.0238. The van der Waals surface area contributed by atoms with Gasteiger partial charge in [0, 0.05) is 10.3 Å². The van der Waals surface area contributed by atoms with E-state index in [4.69, 9.17) is 0 Å². The lowest BCUT2D eigenvalue weighted by Gasteiger charge is -1.97. The number of hydrogen-bond acceptors (Lipinski definition) is 4. The summed E-state index contributed by atoms with van der Waals surface area (Å²) in [6.07, 6.45) is 0. The summed E-state index contributed by atoms with van der Waals surface area (Å²) in [4.78, 5) is 35.3. The van der Waals surface area contributed by atoms with Crippen LogP contribution in [0.3, 0.4) is 0 Å². The van der Waals surface area contributed by atoms with E-state index in [1.165, 1.54) is 13.0 Å². The lowest BCUT2D eigenvalue weighted by molar-refractivity contribution is 0.101. The van der Waals surface area contributed by atoms with Crippen LogP contribution < -0.4 is 10.4 Å². The Hall–Kier alpha value is -1.75. The molecule has 0 saturated carbocycles. The predicted molar refractivity (Wildman–Crippen MR) is 58.7 cm³/mol. The maximum absolute atomic E-state index is 11.4. The van der Waals surface area contributed by atoms with Crippen molar-refractivity contribution in [3.63, 3.8) is 0 Å². The third-order valence-corrected chi connectivity index (χ3v) is 2.91. The molecule has 76 valence electrons. The first-order chi connectivity index (χ1) is 7.08. The van der Waals surface area contributed by atoms with Gasteiger partial charge in [-0.2, -0.15) is 0 Å². The smallest absolute Gasteiger partial charge is 0.295 e. The van der Waals surface area contributed by atoms with Crippen molar-refractivity contribution in [2.45, 2.75) is 6.92 Å². The summed E-state index contributed by atoms with van der Waals surface area (Å²) < 4.78 is 0.591. The van der Waals surface area contributed by atoms with Gasteiger partial charge in [0.15, 0.2) is 5.78 Å². The van der Waals surface area contributed by atoms with Crippen LogP contribution in [-0.4, -0.2) is 10.8 Å². The molecule has 0 saturated heterocycles. The number of Topliss-reactive ketones (excluding diaryl/α,β-unsaturated/α-hetero) is 1. The normalized spacial score (nSPS) is 10.5. The highest BCUT2D eigenvalue weighted by Crippen LogP contribution is 2.13. The van der Waals surface area contributed by atoms with Crippen LogP contribution in [0.5, 0.6) is 0 Å². The standard InChI is InChI=1S/C10H7NO3S/c1-5(12)6-2-3-8-7(4-6)9(13)11-10(14)15-8/h2-4H,1H3,(H,11,13,14). The van der Waals surface area contributed by atoms with Crippen LogP contribution in [0.4, 0.5) is 0 Å². The molecule has 1 N–H and O–H groups in total. The summed E-state index contributed by atoms with van der Waals surface area (Å²) in [7, 11) is 0. The van der Waals surface area contributed by atoms with Crippen molar-refractivity contribution in [1.29, 1.82) is 0 Å². The molecule has 0 spiro atoms. The second kappa shape index (κ2) is 3.43. The number of carbonyl (C=O) groups excluding carboxylic acids is 1. The van der Waals surface area contributed by atoms with Gasteiger partial charge in [-0.15, -0.1) is 0 Å². The molecule has 15 heavy (non-hydrogen) atoms. The Morgan fingerprint density at radius 3 is 2.73 bits per heavy atom. The maximum Gasteiger partial charge on any atom is 0.307 e. The quantitative estimate of drug-likeness (QED) is 0.734. The molecular weight excluding hydrogens is 214 g/mol. The molecule has 0 atom stereocenters. The largest absolute Gasteiger partial charge is 0.307 e. The lowest BCUT2D eigenvalue weighted by Crippen LogP contribution is -2.16. The van der Waals surface area contributed by atoms with Crippen LogP contribution in [0, 0.1) is 0 Å². The highest BCUT2D eigenvalue weighted by Gasteiger charge is 2.04. The second-order valence-electron chi connectivity index (χ2n) is 3.11. The van der Waals surface area contributed by atoms with Crippen LogP contribution in [0.1, 0.15) is 17.3 Å². The summed E-state index contributed by atoms with van der Waals surface area (Å²) in [6, 6.07) is 4.74. The van der Waals surface area contributed by atoms with E-state index < -0.39 is 5.56 Å².